The van der Waals surface area contributed by atoms with Gasteiger partial charge in [0.05, 0.1) is 5.75 Å². The van der Waals surface area contributed by atoms with Gasteiger partial charge in [0.1, 0.15) is 5.78 Å². The van der Waals surface area contributed by atoms with E-state index in [0.29, 0.717) is 47.2 Å². The Labute approximate surface area is 225 Å². The molecule has 0 aromatic rings. The smallest absolute Gasteiger partial charge is 0.266 e. The highest BCUT2D eigenvalue weighted by Gasteiger charge is 2.60. The van der Waals surface area contributed by atoms with Gasteiger partial charge in [-0.3, -0.25) is 14.1 Å². The van der Waals surface area contributed by atoms with Gasteiger partial charge in [0, 0.05) is 25.3 Å². The summed E-state index contributed by atoms with van der Waals surface area (Å²) in [5.74, 6) is 4.13. The highest BCUT2D eigenvalue weighted by atomic mass is 32.2. The predicted molar refractivity (Wildman–Crippen MR) is 146 cm³/mol. The molecule has 9 atom stereocenters. The Balaban J connectivity index is 1.36. The van der Waals surface area contributed by atoms with Crippen molar-refractivity contribution in [3.05, 3.63) is 0 Å². The van der Waals surface area contributed by atoms with Crippen molar-refractivity contribution in [1.82, 2.24) is 5.32 Å². The van der Waals surface area contributed by atoms with E-state index >= 15 is 0 Å². The van der Waals surface area contributed by atoms with E-state index in [9.17, 15) is 22.6 Å². The average Bonchev–Trinajstić information content (AvgIpc) is 3.13. The maximum Gasteiger partial charge on any atom is 0.266 e. The van der Waals surface area contributed by atoms with E-state index in [1.165, 1.54) is 38.5 Å². The van der Waals surface area contributed by atoms with E-state index in [-0.39, 0.29) is 11.8 Å². The zero-order valence-electron chi connectivity index (χ0n) is 23.8. The number of ketones is 1. The highest BCUT2D eigenvalue weighted by molar-refractivity contribution is 7.85. The van der Waals surface area contributed by atoms with Gasteiger partial charge >= 0.3 is 0 Å². The van der Waals surface area contributed by atoms with Crippen molar-refractivity contribution >= 4 is 21.8 Å². The topological polar surface area (TPSA) is 101 Å². The Morgan fingerprint density at radius 2 is 1.73 bits per heavy atom. The third-order valence-electron chi connectivity index (χ3n) is 11.6. The van der Waals surface area contributed by atoms with E-state index in [0.717, 1.165) is 43.4 Å². The molecule has 4 aliphatic rings. The lowest BCUT2D eigenvalue weighted by Crippen LogP contribution is -2.53. The summed E-state index contributed by atoms with van der Waals surface area (Å²) in [6.07, 6.45) is 12.0. The number of carbonyl (C=O) groups excluding carboxylic acids is 2. The minimum absolute atomic E-state index is 0.109. The van der Waals surface area contributed by atoms with Crippen LogP contribution in [0.1, 0.15) is 112 Å². The van der Waals surface area contributed by atoms with Crippen LogP contribution >= 0.6 is 0 Å². The van der Waals surface area contributed by atoms with Crippen molar-refractivity contribution < 1.29 is 22.6 Å². The third-order valence-corrected chi connectivity index (χ3v) is 12.4. The van der Waals surface area contributed by atoms with Crippen molar-refractivity contribution in [2.75, 3.05) is 5.75 Å². The Kier molecular flexibility index (Phi) is 8.56. The Morgan fingerprint density at radius 1 is 1.03 bits per heavy atom. The molecular formula is C30H51NO5S. The molecule has 0 spiro atoms. The molecule has 37 heavy (non-hydrogen) atoms. The summed E-state index contributed by atoms with van der Waals surface area (Å²) in [5.41, 5.74) is 0.671. The normalized spacial score (nSPS) is 39.4. The first-order chi connectivity index (χ1) is 17.2. The van der Waals surface area contributed by atoms with Crippen LogP contribution in [0.2, 0.25) is 0 Å². The van der Waals surface area contributed by atoms with Gasteiger partial charge in [-0.05, 0) is 110 Å². The van der Waals surface area contributed by atoms with Crippen LogP contribution in [0.5, 0.6) is 0 Å². The molecule has 0 radical (unpaired) electrons. The number of hydrogen-bond acceptors (Lipinski definition) is 4. The summed E-state index contributed by atoms with van der Waals surface area (Å²) in [6.45, 7) is 11.3. The lowest BCUT2D eigenvalue weighted by atomic mass is 9.44. The molecule has 2 N–H and O–H groups in total. The summed E-state index contributed by atoms with van der Waals surface area (Å²) in [4.78, 5) is 25.0. The Morgan fingerprint density at radius 3 is 2.41 bits per heavy atom. The van der Waals surface area contributed by atoms with Crippen LogP contribution in [0.25, 0.3) is 0 Å². The fraction of sp³-hybridized carbons (Fsp3) is 0.933. The Hall–Kier alpha value is -0.950. The molecule has 4 saturated carbocycles. The first-order valence-corrected chi connectivity index (χ1v) is 16.6. The first kappa shape index (κ1) is 29.0. The fourth-order valence-electron chi connectivity index (χ4n) is 9.87. The molecule has 0 bridgehead atoms. The van der Waals surface area contributed by atoms with Gasteiger partial charge < -0.3 is 5.32 Å². The summed E-state index contributed by atoms with van der Waals surface area (Å²) < 4.78 is 32.1. The summed E-state index contributed by atoms with van der Waals surface area (Å²) in [5, 5.41) is 2.89. The second-order valence-electron chi connectivity index (χ2n) is 14.3. The van der Waals surface area contributed by atoms with E-state index in [1.54, 1.807) is 0 Å². The standard InChI is InChI=1S/C30H51NO5S/c1-19(2)16-22(18-37(34,35)36)31-28(33)11-6-20(3)25-9-10-26-24-8-7-21-17-23(32)12-14-29(21,4)27(24)13-15-30(25,26)5/h19-22,24-27H,6-18H2,1-5H3,(H,31,33)(H,34,35,36)/t20-,21-,22+,24+,25-,26+,27+,29+,30-/m1/s1. The highest BCUT2D eigenvalue weighted by Crippen LogP contribution is 2.68. The van der Waals surface area contributed by atoms with Crippen molar-refractivity contribution in [1.29, 1.82) is 0 Å². The molecule has 4 fully saturated rings. The monoisotopic (exact) mass is 537 g/mol. The predicted octanol–water partition coefficient (Wildman–Crippen LogP) is 6.05. The molecule has 0 unspecified atom stereocenters. The van der Waals surface area contributed by atoms with Gasteiger partial charge in [0.15, 0.2) is 0 Å². The van der Waals surface area contributed by atoms with Gasteiger partial charge in [-0.15, -0.1) is 0 Å². The molecule has 0 aromatic heterocycles. The maximum atomic E-state index is 12.8. The molecule has 4 aliphatic carbocycles. The van der Waals surface area contributed by atoms with E-state index in [2.05, 4.69) is 26.1 Å². The van der Waals surface area contributed by atoms with Crippen LogP contribution < -0.4 is 5.32 Å². The maximum absolute atomic E-state index is 12.8. The molecule has 212 valence electrons. The largest absolute Gasteiger partial charge is 0.352 e. The fourth-order valence-corrected chi connectivity index (χ4v) is 10.6. The summed E-state index contributed by atoms with van der Waals surface area (Å²) in [7, 11) is -4.14. The number of carbonyl (C=O) groups is 2. The summed E-state index contributed by atoms with van der Waals surface area (Å²) in [6, 6.07) is -0.548. The molecule has 7 heteroatoms. The number of amides is 1. The lowest BCUT2D eigenvalue weighted by molar-refractivity contribution is -0.140. The molecule has 1 amide bonds. The number of hydrogen-bond donors (Lipinski definition) is 2. The van der Waals surface area contributed by atoms with Gasteiger partial charge in [-0.1, -0.05) is 34.6 Å². The van der Waals surface area contributed by atoms with Gasteiger partial charge in [0.25, 0.3) is 10.1 Å². The minimum Gasteiger partial charge on any atom is -0.352 e. The SMILES string of the molecule is CC(C)C[C@@H](CS(=O)(=O)O)NC(=O)CC[C@@H](C)[C@H]1CC[C@H]2[C@@H]3CC[C@@H]4CC(=O)CC[C@]4(C)[C@H]3CC[C@]12C. The van der Waals surface area contributed by atoms with Crippen LogP contribution in [-0.4, -0.2) is 36.5 Å². The average molecular weight is 538 g/mol. The first-order valence-electron chi connectivity index (χ1n) is 15.0. The lowest BCUT2D eigenvalue weighted by Gasteiger charge is -2.60. The Bertz CT molecular complexity index is 963. The molecular weight excluding hydrogens is 486 g/mol. The number of fused-ring (bicyclic) bond motifs is 5. The van der Waals surface area contributed by atoms with Crippen LogP contribution in [-0.2, 0) is 19.7 Å². The van der Waals surface area contributed by atoms with Crippen molar-refractivity contribution in [3.8, 4) is 0 Å². The zero-order chi connectivity index (χ0) is 27.2. The number of nitrogens with one attached hydrogen (secondary N) is 1. The van der Waals surface area contributed by atoms with E-state index in [4.69, 9.17) is 0 Å². The van der Waals surface area contributed by atoms with Crippen molar-refractivity contribution in [3.63, 3.8) is 0 Å². The number of Topliss-reactive ketones (excluding diaryl/α,β-unsaturated/α-hetero) is 1. The van der Waals surface area contributed by atoms with Gasteiger partial charge in [0.2, 0.25) is 5.91 Å². The molecule has 0 aliphatic heterocycles. The molecule has 0 heterocycles. The minimum atomic E-state index is -4.14. The molecule has 6 nitrogen and oxygen atoms in total. The molecule has 4 rings (SSSR count). The van der Waals surface area contributed by atoms with E-state index < -0.39 is 21.9 Å². The van der Waals surface area contributed by atoms with E-state index in [1.807, 2.05) is 13.8 Å². The molecule has 0 saturated heterocycles. The van der Waals surface area contributed by atoms with Crippen LogP contribution in [0.4, 0.5) is 0 Å². The van der Waals surface area contributed by atoms with Gasteiger partial charge in [-0.25, -0.2) is 0 Å². The second-order valence-corrected chi connectivity index (χ2v) is 15.8. The quantitative estimate of drug-likeness (QED) is 0.349. The van der Waals surface area contributed by atoms with Crippen LogP contribution in [0.15, 0.2) is 0 Å². The summed E-state index contributed by atoms with van der Waals surface area (Å²) >= 11 is 0. The van der Waals surface area contributed by atoms with Crippen molar-refractivity contribution in [2.24, 2.45) is 52.3 Å². The van der Waals surface area contributed by atoms with Crippen LogP contribution in [0.3, 0.4) is 0 Å². The zero-order valence-corrected chi connectivity index (χ0v) is 24.6. The van der Waals surface area contributed by atoms with Crippen molar-refractivity contribution in [2.45, 2.75) is 118 Å². The molecule has 0 aromatic carbocycles. The van der Waals surface area contributed by atoms with Crippen LogP contribution in [0, 0.1) is 52.3 Å². The van der Waals surface area contributed by atoms with Gasteiger partial charge in [-0.2, -0.15) is 8.42 Å². The number of rotatable bonds is 9. The third kappa shape index (κ3) is 6.13. The second kappa shape index (κ2) is 10.9.